The smallest absolute Gasteiger partial charge is 0.291 e. The minimum atomic E-state index is -0.0313. The maximum Gasteiger partial charge on any atom is 0.291 e. The van der Waals surface area contributed by atoms with Crippen molar-refractivity contribution in [3.05, 3.63) is 23.3 Å². The van der Waals surface area contributed by atoms with E-state index >= 15 is 0 Å². The number of carbonyl (C=O) groups is 1. The lowest BCUT2D eigenvalue weighted by Crippen LogP contribution is -2.30. The van der Waals surface area contributed by atoms with Crippen LogP contribution in [-0.4, -0.2) is 33.9 Å². The van der Waals surface area contributed by atoms with E-state index in [0.717, 1.165) is 30.9 Å². The second-order valence-corrected chi connectivity index (χ2v) is 4.62. The van der Waals surface area contributed by atoms with Crippen LogP contribution in [0.3, 0.4) is 0 Å². The molecule has 0 aromatic carbocycles. The van der Waals surface area contributed by atoms with Gasteiger partial charge in [0.2, 0.25) is 5.82 Å². The van der Waals surface area contributed by atoms with Gasteiger partial charge in [-0.2, -0.15) is 0 Å². The minimum absolute atomic E-state index is 0.0313. The second-order valence-electron chi connectivity index (χ2n) is 4.62. The Morgan fingerprint density at radius 3 is 2.50 bits per heavy atom. The molecule has 4 heteroatoms. The predicted molar refractivity (Wildman–Crippen MR) is 61.2 cm³/mol. The van der Waals surface area contributed by atoms with E-state index in [-0.39, 0.29) is 5.91 Å². The number of amides is 1. The number of hydrogen-bond acceptors (Lipinski definition) is 3. The zero-order valence-corrected chi connectivity index (χ0v) is 10.0. The van der Waals surface area contributed by atoms with Gasteiger partial charge in [0.15, 0.2) is 0 Å². The van der Waals surface area contributed by atoms with Gasteiger partial charge in [-0.1, -0.05) is 6.92 Å². The zero-order chi connectivity index (χ0) is 11.7. The number of aryl methyl sites for hydroxylation is 2. The molecule has 1 aliphatic rings. The number of rotatable bonds is 1. The highest BCUT2D eigenvalue weighted by Crippen LogP contribution is 2.16. The standard InChI is InChI=1S/C12H17N3O/c1-8-4-5-15(7-8)12(16)11-13-9(2)6-10(3)14-11/h6,8H,4-5,7H2,1-3H3. The van der Waals surface area contributed by atoms with Crippen LogP contribution in [0.4, 0.5) is 0 Å². The van der Waals surface area contributed by atoms with Crippen molar-refractivity contribution in [2.75, 3.05) is 13.1 Å². The van der Waals surface area contributed by atoms with E-state index in [0.29, 0.717) is 11.7 Å². The first-order valence-electron chi connectivity index (χ1n) is 5.68. The van der Waals surface area contributed by atoms with Gasteiger partial charge in [0, 0.05) is 24.5 Å². The first-order valence-corrected chi connectivity index (χ1v) is 5.68. The van der Waals surface area contributed by atoms with Gasteiger partial charge < -0.3 is 4.90 Å². The van der Waals surface area contributed by atoms with Crippen molar-refractivity contribution >= 4 is 5.91 Å². The molecule has 1 atom stereocenters. The highest BCUT2D eigenvalue weighted by atomic mass is 16.2. The molecule has 16 heavy (non-hydrogen) atoms. The van der Waals surface area contributed by atoms with Crippen molar-refractivity contribution in [1.29, 1.82) is 0 Å². The SMILES string of the molecule is Cc1cc(C)nc(C(=O)N2CCC(C)C2)n1. The number of hydrogen-bond donors (Lipinski definition) is 0. The predicted octanol–water partition coefficient (Wildman–Crippen LogP) is 1.58. The average molecular weight is 219 g/mol. The third-order valence-electron chi connectivity index (χ3n) is 2.88. The Balaban J connectivity index is 2.20. The maximum absolute atomic E-state index is 12.1. The summed E-state index contributed by atoms with van der Waals surface area (Å²) in [4.78, 5) is 22.3. The van der Waals surface area contributed by atoms with Crippen molar-refractivity contribution in [1.82, 2.24) is 14.9 Å². The summed E-state index contributed by atoms with van der Waals surface area (Å²) >= 11 is 0. The summed E-state index contributed by atoms with van der Waals surface area (Å²) < 4.78 is 0. The van der Waals surface area contributed by atoms with Crippen LogP contribution < -0.4 is 0 Å². The monoisotopic (exact) mass is 219 g/mol. The molecule has 0 bridgehead atoms. The van der Waals surface area contributed by atoms with Gasteiger partial charge in [0.1, 0.15) is 0 Å². The van der Waals surface area contributed by atoms with Crippen LogP contribution in [0.25, 0.3) is 0 Å². The Labute approximate surface area is 95.7 Å². The first-order chi connectivity index (χ1) is 7.56. The molecule has 1 aromatic rings. The van der Waals surface area contributed by atoms with E-state index in [4.69, 9.17) is 0 Å². The summed E-state index contributed by atoms with van der Waals surface area (Å²) in [5, 5.41) is 0. The fourth-order valence-corrected chi connectivity index (χ4v) is 2.08. The van der Waals surface area contributed by atoms with Gasteiger partial charge in [-0.15, -0.1) is 0 Å². The molecular formula is C12H17N3O. The Kier molecular flexibility index (Phi) is 2.90. The van der Waals surface area contributed by atoms with Gasteiger partial charge in [-0.25, -0.2) is 9.97 Å². The van der Waals surface area contributed by atoms with Crippen LogP contribution in [0.2, 0.25) is 0 Å². The van der Waals surface area contributed by atoms with Crippen LogP contribution in [-0.2, 0) is 0 Å². The van der Waals surface area contributed by atoms with E-state index in [2.05, 4.69) is 16.9 Å². The first kappa shape index (κ1) is 11.0. The van der Waals surface area contributed by atoms with E-state index in [9.17, 15) is 4.79 Å². The Morgan fingerprint density at radius 1 is 1.38 bits per heavy atom. The largest absolute Gasteiger partial charge is 0.336 e. The van der Waals surface area contributed by atoms with Crippen molar-refractivity contribution < 1.29 is 4.79 Å². The Bertz CT molecular complexity index is 396. The quantitative estimate of drug-likeness (QED) is 0.720. The maximum atomic E-state index is 12.1. The fourth-order valence-electron chi connectivity index (χ4n) is 2.08. The minimum Gasteiger partial charge on any atom is -0.336 e. The van der Waals surface area contributed by atoms with E-state index < -0.39 is 0 Å². The molecule has 4 nitrogen and oxygen atoms in total. The number of carbonyl (C=O) groups excluding carboxylic acids is 1. The van der Waals surface area contributed by atoms with E-state index in [1.165, 1.54) is 0 Å². The molecule has 0 aliphatic carbocycles. The highest BCUT2D eigenvalue weighted by Gasteiger charge is 2.25. The molecule has 1 aromatic heterocycles. The van der Waals surface area contributed by atoms with Crippen LogP contribution >= 0.6 is 0 Å². The molecule has 1 aliphatic heterocycles. The summed E-state index contributed by atoms with van der Waals surface area (Å²) in [6, 6.07) is 1.88. The topological polar surface area (TPSA) is 46.1 Å². The number of likely N-dealkylation sites (tertiary alicyclic amines) is 1. The van der Waals surface area contributed by atoms with Crippen molar-refractivity contribution in [3.8, 4) is 0 Å². The van der Waals surface area contributed by atoms with E-state index in [1.54, 1.807) is 0 Å². The van der Waals surface area contributed by atoms with Crippen LogP contribution in [0, 0.1) is 19.8 Å². The molecule has 1 saturated heterocycles. The molecule has 2 heterocycles. The summed E-state index contributed by atoms with van der Waals surface area (Å²) in [7, 11) is 0. The Hall–Kier alpha value is -1.45. The fraction of sp³-hybridized carbons (Fsp3) is 0.583. The third-order valence-corrected chi connectivity index (χ3v) is 2.88. The summed E-state index contributed by atoms with van der Waals surface area (Å²) in [5.41, 5.74) is 1.70. The molecular weight excluding hydrogens is 202 g/mol. The molecule has 1 fully saturated rings. The lowest BCUT2D eigenvalue weighted by molar-refractivity contribution is 0.0775. The number of aromatic nitrogens is 2. The molecule has 0 N–H and O–H groups in total. The van der Waals surface area contributed by atoms with Gasteiger partial charge in [-0.3, -0.25) is 4.79 Å². The molecule has 86 valence electrons. The average Bonchev–Trinajstić information content (AvgIpc) is 2.62. The Morgan fingerprint density at radius 2 is 2.00 bits per heavy atom. The molecule has 2 rings (SSSR count). The van der Waals surface area contributed by atoms with Crippen LogP contribution in [0.15, 0.2) is 6.07 Å². The molecule has 0 saturated carbocycles. The van der Waals surface area contributed by atoms with Gasteiger partial charge >= 0.3 is 0 Å². The summed E-state index contributed by atoms with van der Waals surface area (Å²) in [5.74, 6) is 0.901. The molecule has 1 amide bonds. The van der Waals surface area contributed by atoms with Gasteiger partial charge in [-0.05, 0) is 32.3 Å². The summed E-state index contributed by atoms with van der Waals surface area (Å²) in [6.07, 6.45) is 1.08. The third kappa shape index (κ3) is 2.21. The lowest BCUT2D eigenvalue weighted by atomic mass is 10.2. The van der Waals surface area contributed by atoms with Crippen LogP contribution in [0.5, 0.6) is 0 Å². The lowest BCUT2D eigenvalue weighted by Gasteiger charge is -2.14. The number of nitrogens with zero attached hydrogens (tertiary/aromatic N) is 3. The van der Waals surface area contributed by atoms with Crippen molar-refractivity contribution in [3.63, 3.8) is 0 Å². The van der Waals surface area contributed by atoms with Crippen LogP contribution in [0.1, 0.15) is 35.4 Å². The van der Waals surface area contributed by atoms with E-state index in [1.807, 2.05) is 24.8 Å². The van der Waals surface area contributed by atoms with Gasteiger partial charge in [0.25, 0.3) is 5.91 Å². The summed E-state index contributed by atoms with van der Waals surface area (Å²) in [6.45, 7) is 7.59. The normalized spacial score (nSPS) is 20.2. The molecule has 0 radical (unpaired) electrons. The van der Waals surface area contributed by atoms with Gasteiger partial charge in [0.05, 0.1) is 0 Å². The molecule has 0 spiro atoms. The second kappa shape index (κ2) is 4.20. The highest BCUT2D eigenvalue weighted by molar-refractivity contribution is 5.90. The van der Waals surface area contributed by atoms with Crippen molar-refractivity contribution in [2.45, 2.75) is 27.2 Å². The zero-order valence-electron chi connectivity index (χ0n) is 10.0. The molecule has 1 unspecified atom stereocenters. The van der Waals surface area contributed by atoms with Crippen molar-refractivity contribution in [2.24, 2.45) is 5.92 Å².